The van der Waals surface area contributed by atoms with Crippen molar-refractivity contribution in [3.05, 3.63) is 0 Å². The summed E-state index contributed by atoms with van der Waals surface area (Å²) in [6.07, 6.45) is 7.76. The molecule has 18 heavy (non-hydrogen) atoms. The second-order valence-electron chi connectivity index (χ2n) is 5.33. The number of carbonyl (C=O) groups is 2. The van der Waals surface area contributed by atoms with Crippen LogP contribution < -0.4 is 5.32 Å². The number of amides is 2. The molecule has 2 rings (SSSR count). The van der Waals surface area contributed by atoms with E-state index in [9.17, 15) is 14.7 Å². The van der Waals surface area contributed by atoms with E-state index in [2.05, 4.69) is 5.32 Å². The van der Waals surface area contributed by atoms with Crippen LogP contribution in [0, 0.1) is 0 Å². The smallest absolute Gasteiger partial charge is 0.326 e. The molecular weight excluding hydrogens is 232 g/mol. The number of carboxylic acid groups (broad SMARTS) is 1. The fraction of sp³-hybridized carbons (Fsp3) is 0.846. The van der Waals surface area contributed by atoms with Gasteiger partial charge in [-0.25, -0.2) is 9.59 Å². The molecule has 102 valence electrons. The Bertz CT molecular complexity index is 313. The lowest BCUT2D eigenvalue weighted by Crippen LogP contribution is -2.51. The average molecular weight is 254 g/mol. The van der Waals surface area contributed by atoms with Crippen LogP contribution in [-0.2, 0) is 4.79 Å². The summed E-state index contributed by atoms with van der Waals surface area (Å²) in [5.41, 5.74) is 0. The van der Waals surface area contributed by atoms with Crippen LogP contribution in [0.2, 0.25) is 0 Å². The summed E-state index contributed by atoms with van der Waals surface area (Å²) in [7, 11) is 0. The molecule has 2 amide bonds. The fourth-order valence-corrected chi connectivity index (χ4v) is 2.94. The lowest BCUT2D eigenvalue weighted by molar-refractivity contribution is -0.142. The van der Waals surface area contributed by atoms with Crippen LogP contribution in [0.15, 0.2) is 0 Å². The van der Waals surface area contributed by atoms with Crippen molar-refractivity contribution in [2.45, 2.75) is 63.5 Å². The van der Waals surface area contributed by atoms with E-state index in [-0.39, 0.29) is 12.1 Å². The summed E-state index contributed by atoms with van der Waals surface area (Å²) in [6, 6.07) is -0.583. The van der Waals surface area contributed by atoms with Gasteiger partial charge in [-0.05, 0) is 25.7 Å². The molecule has 2 fully saturated rings. The van der Waals surface area contributed by atoms with Crippen molar-refractivity contribution in [2.24, 2.45) is 0 Å². The monoisotopic (exact) mass is 254 g/mol. The first-order valence-corrected chi connectivity index (χ1v) is 6.98. The van der Waals surface area contributed by atoms with Crippen LogP contribution in [0.1, 0.15) is 51.4 Å². The zero-order valence-electron chi connectivity index (χ0n) is 10.7. The predicted molar refractivity (Wildman–Crippen MR) is 67.4 cm³/mol. The maximum atomic E-state index is 12.2. The number of rotatable bonds is 2. The van der Waals surface area contributed by atoms with Crippen LogP contribution in [-0.4, -0.2) is 40.6 Å². The minimum absolute atomic E-state index is 0.184. The van der Waals surface area contributed by atoms with Crippen molar-refractivity contribution in [1.29, 1.82) is 0 Å². The van der Waals surface area contributed by atoms with Crippen molar-refractivity contribution in [1.82, 2.24) is 10.2 Å². The van der Waals surface area contributed by atoms with Crippen LogP contribution in [0.5, 0.6) is 0 Å². The zero-order chi connectivity index (χ0) is 13.0. The van der Waals surface area contributed by atoms with Gasteiger partial charge in [-0.2, -0.15) is 0 Å². The first kappa shape index (κ1) is 13.2. The van der Waals surface area contributed by atoms with E-state index < -0.39 is 12.0 Å². The number of hydrogen-bond acceptors (Lipinski definition) is 2. The first-order chi connectivity index (χ1) is 8.68. The van der Waals surface area contributed by atoms with Gasteiger partial charge in [0.25, 0.3) is 0 Å². The Morgan fingerprint density at radius 3 is 2.33 bits per heavy atom. The minimum atomic E-state index is -0.876. The molecule has 0 aromatic heterocycles. The molecule has 5 heteroatoms. The van der Waals surface area contributed by atoms with Crippen molar-refractivity contribution < 1.29 is 14.7 Å². The SMILES string of the molecule is O=C(O)C1CCCCCN1C(=O)NC1CCCC1. The highest BCUT2D eigenvalue weighted by atomic mass is 16.4. The molecule has 0 aromatic rings. The summed E-state index contributed by atoms with van der Waals surface area (Å²) >= 11 is 0. The summed E-state index contributed by atoms with van der Waals surface area (Å²) in [4.78, 5) is 24.9. The molecule has 0 spiro atoms. The molecule has 1 aliphatic carbocycles. The maximum Gasteiger partial charge on any atom is 0.326 e. The molecule has 2 N–H and O–H groups in total. The minimum Gasteiger partial charge on any atom is -0.480 e. The second-order valence-corrected chi connectivity index (χ2v) is 5.33. The summed E-state index contributed by atoms with van der Waals surface area (Å²) in [6.45, 7) is 0.565. The Balaban J connectivity index is 1.97. The highest BCUT2D eigenvalue weighted by Crippen LogP contribution is 2.20. The van der Waals surface area contributed by atoms with E-state index >= 15 is 0 Å². The summed E-state index contributed by atoms with van der Waals surface area (Å²) in [5.74, 6) is -0.876. The lowest BCUT2D eigenvalue weighted by atomic mass is 10.1. The van der Waals surface area contributed by atoms with Crippen LogP contribution in [0.25, 0.3) is 0 Å². The quantitative estimate of drug-likeness (QED) is 0.791. The summed E-state index contributed by atoms with van der Waals surface area (Å²) < 4.78 is 0. The standard InChI is InChI=1S/C13H22N2O3/c16-12(17)11-8-2-1-5-9-15(11)13(18)14-10-6-3-4-7-10/h10-11H,1-9H2,(H,14,18)(H,16,17). The third-order valence-electron chi connectivity index (χ3n) is 3.98. The van der Waals surface area contributed by atoms with Gasteiger partial charge in [-0.3, -0.25) is 0 Å². The topological polar surface area (TPSA) is 69.6 Å². The van der Waals surface area contributed by atoms with E-state index in [0.717, 1.165) is 44.9 Å². The van der Waals surface area contributed by atoms with E-state index in [4.69, 9.17) is 0 Å². The highest BCUT2D eigenvalue weighted by molar-refractivity contribution is 5.82. The number of nitrogens with zero attached hydrogens (tertiary/aromatic N) is 1. The zero-order valence-corrected chi connectivity index (χ0v) is 10.7. The third-order valence-corrected chi connectivity index (χ3v) is 3.98. The molecule has 1 heterocycles. The second kappa shape index (κ2) is 6.07. The van der Waals surface area contributed by atoms with E-state index in [0.29, 0.717) is 13.0 Å². The molecule has 0 bridgehead atoms. The molecular formula is C13H22N2O3. The van der Waals surface area contributed by atoms with Gasteiger partial charge in [0.1, 0.15) is 6.04 Å². The van der Waals surface area contributed by atoms with Crippen molar-refractivity contribution >= 4 is 12.0 Å². The number of hydrogen-bond donors (Lipinski definition) is 2. The molecule has 5 nitrogen and oxygen atoms in total. The van der Waals surface area contributed by atoms with Crippen LogP contribution in [0.3, 0.4) is 0 Å². The van der Waals surface area contributed by atoms with Gasteiger partial charge in [0.15, 0.2) is 0 Å². The van der Waals surface area contributed by atoms with Gasteiger partial charge < -0.3 is 15.3 Å². The van der Waals surface area contributed by atoms with Gasteiger partial charge >= 0.3 is 12.0 Å². The molecule has 1 unspecified atom stereocenters. The number of likely N-dealkylation sites (tertiary alicyclic amines) is 1. The Hall–Kier alpha value is -1.26. The van der Waals surface area contributed by atoms with E-state index in [1.54, 1.807) is 0 Å². The highest BCUT2D eigenvalue weighted by Gasteiger charge is 2.31. The third kappa shape index (κ3) is 3.15. The first-order valence-electron chi connectivity index (χ1n) is 6.98. The molecule has 1 saturated carbocycles. The van der Waals surface area contributed by atoms with Gasteiger partial charge in [-0.15, -0.1) is 0 Å². The Labute approximate surface area is 108 Å². The number of nitrogens with one attached hydrogen (secondary N) is 1. The number of carbonyl (C=O) groups excluding carboxylic acids is 1. The number of aliphatic carboxylic acids is 1. The molecule has 1 saturated heterocycles. The van der Waals surface area contributed by atoms with E-state index in [1.807, 2.05) is 0 Å². The molecule has 0 radical (unpaired) electrons. The Kier molecular flexibility index (Phi) is 4.44. The summed E-state index contributed by atoms with van der Waals surface area (Å²) in [5, 5.41) is 12.2. The molecule has 0 aromatic carbocycles. The molecule has 1 aliphatic heterocycles. The average Bonchev–Trinajstić information content (AvgIpc) is 2.70. The fourth-order valence-electron chi connectivity index (χ4n) is 2.94. The predicted octanol–water partition coefficient (Wildman–Crippen LogP) is 1.97. The largest absolute Gasteiger partial charge is 0.480 e. The van der Waals surface area contributed by atoms with Gasteiger partial charge in [0, 0.05) is 12.6 Å². The van der Waals surface area contributed by atoms with Crippen LogP contribution in [0.4, 0.5) is 4.79 Å². The lowest BCUT2D eigenvalue weighted by Gasteiger charge is -2.28. The van der Waals surface area contributed by atoms with Crippen molar-refractivity contribution in [3.63, 3.8) is 0 Å². The normalized spacial score (nSPS) is 25.8. The van der Waals surface area contributed by atoms with Crippen LogP contribution >= 0.6 is 0 Å². The van der Waals surface area contributed by atoms with Crippen molar-refractivity contribution in [3.8, 4) is 0 Å². The Morgan fingerprint density at radius 1 is 1.00 bits per heavy atom. The molecule has 1 atom stereocenters. The number of carboxylic acids is 1. The van der Waals surface area contributed by atoms with Gasteiger partial charge in [-0.1, -0.05) is 25.7 Å². The maximum absolute atomic E-state index is 12.2. The van der Waals surface area contributed by atoms with Gasteiger partial charge in [0.2, 0.25) is 0 Å². The van der Waals surface area contributed by atoms with E-state index in [1.165, 1.54) is 4.90 Å². The van der Waals surface area contributed by atoms with Crippen molar-refractivity contribution in [2.75, 3.05) is 6.54 Å². The Morgan fingerprint density at radius 2 is 1.67 bits per heavy atom. The number of urea groups is 1. The van der Waals surface area contributed by atoms with Gasteiger partial charge in [0.05, 0.1) is 0 Å². The molecule has 2 aliphatic rings.